The predicted molar refractivity (Wildman–Crippen MR) is 67.8 cm³/mol. The van der Waals surface area contributed by atoms with E-state index in [9.17, 15) is 9.59 Å². The van der Waals surface area contributed by atoms with Crippen molar-refractivity contribution in [3.05, 3.63) is 29.8 Å². The van der Waals surface area contributed by atoms with Crippen molar-refractivity contribution < 1.29 is 19.1 Å². The molecule has 98 valence electrons. The van der Waals surface area contributed by atoms with Gasteiger partial charge in [0.25, 0.3) is 0 Å². The summed E-state index contributed by atoms with van der Waals surface area (Å²) in [5.41, 5.74) is 0.517. The first-order chi connectivity index (χ1) is 8.69. The Morgan fingerprint density at radius 3 is 2.44 bits per heavy atom. The molecule has 1 aromatic rings. The van der Waals surface area contributed by atoms with Gasteiger partial charge in [-0.3, -0.25) is 9.59 Å². The molecule has 0 aliphatic heterocycles. The number of ketones is 1. The Labute approximate surface area is 107 Å². The van der Waals surface area contributed by atoms with Gasteiger partial charge in [0, 0.05) is 6.42 Å². The maximum atomic E-state index is 12.0. The van der Waals surface area contributed by atoms with Gasteiger partial charge in [-0.05, 0) is 26.0 Å². The highest BCUT2D eigenvalue weighted by molar-refractivity contribution is 5.99. The van der Waals surface area contributed by atoms with Crippen LogP contribution in [0.5, 0.6) is 5.75 Å². The first-order valence-corrected chi connectivity index (χ1v) is 6.09. The summed E-state index contributed by atoms with van der Waals surface area (Å²) in [7, 11) is 0. The van der Waals surface area contributed by atoms with Crippen molar-refractivity contribution in [1.29, 1.82) is 0 Å². The maximum Gasteiger partial charge on any atom is 0.306 e. The minimum atomic E-state index is -0.347. The Morgan fingerprint density at radius 2 is 1.78 bits per heavy atom. The molecule has 4 heteroatoms. The number of carbonyl (C=O) groups excluding carboxylic acids is 2. The SMILES string of the molecule is CCOC(=O)CCC(=O)c1ccccc1OCC. The van der Waals surface area contributed by atoms with Crippen LogP contribution in [-0.2, 0) is 9.53 Å². The molecule has 0 amide bonds. The first-order valence-electron chi connectivity index (χ1n) is 6.09. The van der Waals surface area contributed by atoms with Crippen molar-refractivity contribution in [2.24, 2.45) is 0 Å². The van der Waals surface area contributed by atoms with E-state index in [4.69, 9.17) is 9.47 Å². The number of esters is 1. The lowest BCUT2D eigenvalue weighted by molar-refractivity contribution is -0.143. The number of carbonyl (C=O) groups is 2. The lowest BCUT2D eigenvalue weighted by Gasteiger charge is -2.08. The van der Waals surface area contributed by atoms with Crippen LogP contribution in [0.15, 0.2) is 24.3 Å². The monoisotopic (exact) mass is 250 g/mol. The van der Waals surface area contributed by atoms with Gasteiger partial charge < -0.3 is 9.47 Å². The van der Waals surface area contributed by atoms with Gasteiger partial charge in [-0.1, -0.05) is 12.1 Å². The van der Waals surface area contributed by atoms with E-state index in [-0.39, 0.29) is 24.6 Å². The maximum absolute atomic E-state index is 12.0. The van der Waals surface area contributed by atoms with Crippen molar-refractivity contribution in [3.63, 3.8) is 0 Å². The molecule has 1 rings (SSSR count). The molecule has 0 aromatic heterocycles. The Morgan fingerprint density at radius 1 is 1.06 bits per heavy atom. The fourth-order valence-corrected chi connectivity index (χ4v) is 1.56. The average Bonchev–Trinajstić information content (AvgIpc) is 2.37. The molecule has 0 bridgehead atoms. The van der Waals surface area contributed by atoms with E-state index in [2.05, 4.69) is 0 Å². The minimum absolute atomic E-state index is 0.104. The quantitative estimate of drug-likeness (QED) is 0.551. The van der Waals surface area contributed by atoms with Crippen LogP contribution in [0.4, 0.5) is 0 Å². The summed E-state index contributed by atoms with van der Waals surface area (Å²) in [4.78, 5) is 23.1. The number of ether oxygens (including phenoxy) is 2. The predicted octanol–water partition coefficient (Wildman–Crippen LogP) is 2.61. The second-order valence-electron chi connectivity index (χ2n) is 3.66. The van der Waals surface area contributed by atoms with Gasteiger partial charge in [0.15, 0.2) is 5.78 Å². The smallest absolute Gasteiger partial charge is 0.306 e. The van der Waals surface area contributed by atoms with Gasteiger partial charge in [0.05, 0.1) is 25.2 Å². The van der Waals surface area contributed by atoms with E-state index in [1.807, 2.05) is 13.0 Å². The molecule has 0 atom stereocenters. The molecule has 18 heavy (non-hydrogen) atoms. The van der Waals surface area contributed by atoms with Gasteiger partial charge in [0.2, 0.25) is 0 Å². The number of hydrogen-bond donors (Lipinski definition) is 0. The fraction of sp³-hybridized carbons (Fsp3) is 0.429. The number of benzene rings is 1. The Kier molecular flexibility index (Phi) is 5.91. The minimum Gasteiger partial charge on any atom is -0.493 e. The van der Waals surface area contributed by atoms with Gasteiger partial charge in [-0.25, -0.2) is 0 Å². The van der Waals surface area contributed by atoms with E-state index in [0.29, 0.717) is 24.5 Å². The molecule has 0 aliphatic rings. The number of para-hydroxylation sites is 1. The molecule has 0 heterocycles. The molecule has 0 fully saturated rings. The van der Waals surface area contributed by atoms with Crippen LogP contribution in [0.1, 0.15) is 37.0 Å². The summed E-state index contributed by atoms with van der Waals surface area (Å²) >= 11 is 0. The number of Topliss-reactive ketones (excluding diaryl/α,β-unsaturated/α-hetero) is 1. The third kappa shape index (κ3) is 4.20. The zero-order chi connectivity index (χ0) is 13.4. The zero-order valence-corrected chi connectivity index (χ0v) is 10.8. The molecule has 0 spiro atoms. The molecular formula is C14H18O4. The number of hydrogen-bond acceptors (Lipinski definition) is 4. The molecule has 4 nitrogen and oxygen atoms in total. The van der Waals surface area contributed by atoms with Gasteiger partial charge in [-0.15, -0.1) is 0 Å². The number of rotatable bonds is 7. The second-order valence-corrected chi connectivity index (χ2v) is 3.66. The highest BCUT2D eigenvalue weighted by Gasteiger charge is 2.13. The molecular weight excluding hydrogens is 232 g/mol. The molecule has 0 saturated heterocycles. The highest BCUT2D eigenvalue weighted by atomic mass is 16.5. The van der Waals surface area contributed by atoms with Crippen LogP contribution in [0.25, 0.3) is 0 Å². The third-order valence-electron chi connectivity index (χ3n) is 2.35. The van der Waals surface area contributed by atoms with E-state index in [1.54, 1.807) is 25.1 Å². The molecule has 0 radical (unpaired) electrons. The largest absolute Gasteiger partial charge is 0.493 e. The van der Waals surface area contributed by atoms with Crippen molar-refractivity contribution in [2.75, 3.05) is 13.2 Å². The Hall–Kier alpha value is -1.84. The second kappa shape index (κ2) is 7.48. The standard InChI is InChI=1S/C14H18O4/c1-3-17-13-8-6-5-7-11(13)12(15)9-10-14(16)18-4-2/h5-8H,3-4,9-10H2,1-2H3. The summed E-state index contributed by atoms with van der Waals surface area (Å²) < 4.78 is 10.2. The summed E-state index contributed by atoms with van der Waals surface area (Å²) in [5, 5.41) is 0. The molecule has 0 unspecified atom stereocenters. The van der Waals surface area contributed by atoms with Crippen LogP contribution in [-0.4, -0.2) is 25.0 Å². The van der Waals surface area contributed by atoms with Crippen molar-refractivity contribution in [3.8, 4) is 5.75 Å². The fourth-order valence-electron chi connectivity index (χ4n) is 1.56. The van der Waals surface area contributed by atoms with Crippen molar-refractivity contribution in [2.45, 2.75) is 26.7 Å². The molecule has 1 aromatic carbocycles. The van der Waals surface area contributed by atoms with Crippen molar-refractivity contribution >= 4 is 11.8 Å². The summed E-state index contributed by atoms with van der Waals surface area (Å²) in [6.07, 6.45) is 0.246. The Balaban J connectivity index is 2.63. The van der Waals surface area contributed by atoms with E-state index in [1.165, 1.54) is 0 Å². The van der Waals surface area contributed by atoms with Crippen LogP contribution in [0.3, 0.4) is 0 Å². The van der Waals surface area contributed by atoms with Crippen LogP contribution >= 0.6 is 0 Å². The molecule has 0 N–H and O–H groups in total. The van der Waals surface area contributed by atoms with E-state index < -0.39 is 0 Å². The highest BCUT2D eigenvalue weighted by Crippen LogP contribution is 2.20. The normalized spacial score (nSPS) is 9.89. The lowest BCUT2D eigenvalue weighted by Crippen LogP contribution is -2.09. The van der Waals surface area contributed by atoms with Crippen LogP contribution < -0.4 is 4.74 Å². The Bertz CT molecular complexity index is 412. The van der Waals surface area contributed by atoms with Crippen LogP contribution in [0, 0.1) is 0 Å². The lowest BCUT2D eigenvalue weighted by atomic mass is 10.1. The average molecular weight is 250 g/mol. The van der Waals surface area contributed by atoms with Crippen molar-refractivity contribution in [1.82, 2.24) is 0 Å². The van der Waals surface area contributed by atoms with Gasteiger partial charge in [-0.2, -0.15) is 0 Å². The van der Waals surface area contributed by atoms with E-state index in [0.717, 1.165) is 0 Å². The van der Waals surface area contributed by atoms with Crippen LogP contribution in [0.2, 0.25) is 0 Å². The summed E-state index contributed by atoms with van der Waals surface area (Å²) in [6.45, 7) is 4.44. The summed E-state index contributed by atoms with van der Waals surface area (Å²) in [6, 6.07) is 7.05. The first kappa shape index (κ1) is 14.2. The topological polar surface area (TPSA) is 52.6 Å². The van der Waals surface area contributed by atoms with Gasteiger partial charge in [0.1, 0.15) is 5.75 Å². The van der Waals surface area contributed by atoms with E-state index >= 15 is 0 Å². The molecule has 0 saturated carbocycles. The summed E-state index contributed by atoms with van der Waals surface area (Å²) in [5.74, 6) is 0.112. The third-order valence-corrected chi connectivity index (χ3v) is 2.35. The zero-order valence-electron chi connectivity index (χ0n) is 10.8. The molecule has 0 aliphatic carbocycles. The van der Waals surface area contributed by atoms with Gasteiger partial charge >= 0.3 is 5.97 Å².